The molecule has 0 aliphatic carbocycles. The molecule has 0 saturated heterocycles. The van der Waals surface area contributed by atoms with Crippen molar-refractivity contribution in [2.24, 2.45) is 0 Å². The lowest BCUT2D eigenvalue weighted by Crippen LogP contribution is -2.45. The van der Waals surface area contributed by atoms with Gasteiger partial charge in [-0.15, -0.1) is 11.3 Å². The van der Waals surface area contributed by atoms with Crippen LogP contribution in [0.2, 0.25) is 0 Å². The summed E-state index contributed by atoms with van der Waals surface area (Å²) in [5, 5.41) is 4.21. The lowest BCUT2D eigenvalue weighted by atomic mass is 10.00. The average molecular weight is 415 g/mol. The standard InChI is InChI=1S/C14H11BrN2O4S2/c1-17-13(19)11(10-6-7-22-14(10)23(17,20)21)12(18)16-9-4-2-8(15)3-5-9/h2-7,11H,1H3,(H,16,18). The highest BCUT2D eigenvalue weighted by molar-refractivity contribution is 9.10. The second-order valence-electron chi connectivity index (χ2n) is 4.90. The maximum Gasteiger partial charge on any atom is 0.276 e. The van der Waals surface area contributed by atoms with Crippen LogP contribution in [0, 0.1) is 0 Å². The van der Waals surface area contributed by atoms with Crippen molar-refractivity contribution in [3.05, 3.63) is 45.7 Å². The number of benzene rings is 1. The first-order chi connectivity index (χ1) is 10.8. The number of nitrogens with zero attached hydrogens (tertiary/aromatic N) is 1. The Morgan fingerprint density at radius 2 is 1.91 bits per heavy atom. The van der Waals surface area contributed by atoms with E-state index in [1.54, 1.807) is 29.6 Å². The highest BCUT2D eigenvalue weighted by Gasteiger charge is 2.45. The molecule has 2 heterocycles. The number of hydrogen-bond donors (Lipinski definition) is 1. The number of carbonyl (C=O) groups is 2. The average Bonchev–Trinajstić information content (AvgIpc) is 2.98. The van der Waals surface area contributed by atoms with E-state index in [4.69, 9.17) is 0 Å². The largest absolute Gasteiger partial charge is 0.325 e. The summed E-state index contributed by atoms with van der Waals surface area (Å²) in [4.78, 5) is 24.9. The Balaban J connectivity index is 1.97. The van der Waals surface area contributed by atoms with Gasteiger partial charge < -0.3 is 5.32 Å². The Bertz CT molecular complexity index is 890. The molecule has 6 nitrogen and oxygen atoms in total. The van der Waals surface area contributed by atoms with Crippen LogP contribution in [-0.2, 0) is 19.6 Å². The van der Waals surface area contributed by atoms with Crippen molar-refractivity contribution in [1.82, 2.24) is 4.31 Å². The summed E-state index contributed by atoms with van der Waals surface area (Å²) in [5.74, 6) is -2.49. The summed E-state index contributed by atoms with van der Waals surface area (Å²) in [6.45, 7) is 0. The Kier molecular flexibility index (Phi) is 4.03. The SMILES string of the molecule is CN1C(=O)C(C(=O)Nc2ccc(Br)cc2)c2ccsc2S1(=O)=O. The Morgan fingerprint density at radius 1 is 1.26 bits per heavy atom. The number of anilines is 1. The van der Waals surface area contributed by atoms with Crippen LogP contribution in [-0.4, -0.2) is 31.6 Å². The first-order valence-electron chi connectivity index (χ1n) is 6.49. The van der Waals surface area contributed by atoms with Gasteiger partial charge in [0.05, 0.1) is 0 Å². The molecule has 1 aliphatic heterocycles. The fourth-order valence-electron chi connectivity index (χ4n) is 2.29. The van der Waals surface area contributed by atoms with Crippen LogP contribution in [0.3, 0.4) is 0 Å². The highest BCUT2D eigenvalue weighted by atomic mass is 79.9. The van der Waals surface area contributed by atoms with Crippen LogP contribution in [0.1, 0.15) is 11.5 Å². The molecule has 1 unspecified atom stereocenters. The molecular formula is C14H11BrN2O4S2. The molecule has 0 fully saturated rings. The number of halogens is 1. The van der Waals surface area contributed by atoms with E-state index in [0.717, 1.165) is 15.8 Å². The van der Waals surface area contributed by atoms with E-state index < -0.39 is 27.8 Å². The summed E-state index contributed by atoms with van der Waals surface area (Å²) in [5.41, 5.74) is 0.756. The zero-order valence-electron chi connectivity index (χ0n) is 11.8. The van der Waals surface area contributed by atoms with Gasteiger partial charge in [-0.1, -0.05) is 15.9 Å². The van der Waals surface area contributed by atoms with E-state index in [1.165, 1.54) is 13.1 Å². The fourth-order valence-corrected chi connectivity index (χ4v) is 5.28. The van der Waals surface area contributed by atoms with E-state index in [9.17, 15) is 18.0 Å². The molecule has 9 heteroatoms. The van der Waals surface area contributed by atoms with Crippen molar-refractivity contribution in [2.75, 3.05) is 12.4 Å². The third kappa shape index (κ3) is 2.68. The Morgan fingerprint density at radius 3 is 2.57 bits per heavy atom. The first kappa shape index (κ1) is 16.2. The van der Waals surface area contributed by atoms with Gasteiger partial charge in [-0.2, -0.15) is 0 Å². The number of sulfonamides is 1. The number of fused-ring (bicyclic) bond motifs is 1. The van der Waals surface area contributed by atoms with Crippen molar-refractivity contribution in [3.8, 4) is 0 Å². The number of hydrogen-bond acceptors (Lipinski definition) is 5. The number of rotatable bonds is 2. The molecule has 2 aromatic rings. The number of nitrogens with one attached hydrogen (secondary N) is 1. The summed E-state index contributed by atoms with van der Waals surface area (Å²) < 4.78 is 26.0. The minimum absolute atomic E-state index is 0.0376. The lowest BCUT2D eigenvalue weighted by molar-refractivity contribution is -0.132. The van der Waals surface area contributed by atoms with Crippen molar-refractivity contribution >= 4 is 54.8 Å². The normalized spacial score (nSPS) is 19.3. The van der Waals surface area contributed by atoms with Crippen LogP contribution in [0.5, 0.6) is 0 Å². The van der Waals surface area contributed by atoms with Gasteiger partial charge in [0.1, 0.15) is 10.1 Å². The van der Waals surface area contributed by atoms with Crippen LogP contribution in [0.15, 0.2) is 44.4 Å². The number of thiophene rings is 1. The van der Waals surface area contributed by atoms with Crippen molar-refractivity contribution in [2.45, 2.75) is 10.1 Å². The lowest BCUT2D eigenvalue weighted by Gasteiger charge is -2.28. The summed E-state index contributed by atoms with van der Waals surface area (Å²) in [7, 11) is -2.69. The highest BCUT2D eigenvalue weighted by Crippen LogP contribution is 2.38. The second-order valence-corrected chi connectivity index (χ2v) is 8.90. The molecule has 2 amide bonds. The molecule has 3 rings (SSSR count). The van der Waals surface area contributed by atoms with E-state index in [-0.39, 0.29) is 9.77 Å². The zero-order chi connectivity index (χ0) is 16.8. The maximum absolute atomic E-state index is 12.5. The van der Waals surface area contributed by atoms with Crippen LogP contribution in [0.4, 0.5) is 5.69 Å². The molecule has 1 aliphatic rings. The second kappa shape index (κ2) is 5.73. The van der Waals surface area contributed by atoms with Crippen molar-refractivity contribution in [1.29, 1.82) is 0 Å². The Hall–Kier alpha value is -1.71. The molecule has 0 saturated carbocycles. The van der Waals surface area contributed by atoms with Crippen molar-refractivity contribution < 1.29 is 18.0 Å². The van der Waals surface area contributed by atoms with Gasteiger partial charge in [0.2, 0.25) is 5.91 Å². The van der Waals surface area contributed by atoms with Crippen LogP contribution >= 0.6 is 27.3 Å². The molecule has 0 bridgehead atoms. The smallest absolute Gasteiger partial charge is 0.276 e. The summed E-state index contributed by atoms with van der Waals surface area (Å²) >= 11 is 4.30. The molecule has 1 N–H and O–H groups in total. The third-order valence-electron chi connectivity index (χ3n) is 3.50. The topological polar surface area (TPSA) is 83.6 Å². The zero-order valence-corrected chi connectivity index (χ0v) is 15.0. The predicted octanol–water partition coefficient (Wildman–Crippen LogP) is 2.39. The molecular weight excluding hydrogens is 404 g/mol. The summed E-state index contributed by atoms with van der Waals surface area (Å²) in [6.07, 6.45) is 0. The van der Waals surface area contributed by atoms with Gasteiger partial charge in [0.25, 0.3) is 15.9 Å². The van der Waals surface area contributed by atoms with Gasteiger partial charge >= 0.3 is 0 Å². The Labute approximate surface area is 145 Å². The van der Waals surface area contributed by atoms with E-state index in [0.29, 0.717) is 9.99 Å². The third-order valence-corrected chi connectivity index (χ3v) is 7.27. The van der Waals surface area contributed by atoms with Crippen LogP contribution < -0.4 is 5.32 Å². The fraction of sp³-hybridized carbons (Fsp3) is 0.143. The molecule has 23 heavy (non-hydrogen) atoms. The van der Waals surface area contributed by atoms with Gasteiger partial charge in [-0.25, -0.2) is 12.7 Å². The predicted molar refractivity (Wildman–Crippen MR) is 89.8 cm³/mol. The van der Waals surface area contributed by atoms with E-state index in [2.05, 4.69) is 21.2 Å². The monoisotopic (exact) mass is 414 g/mol. The number of likely N-dealkylation sites (N-methyl/N-ethyl adjacent to an activating group) is 1. The number of amides is 2. The van der Waals surface area contributed by atoms with Gasteiger partial charge in [-0.05, 0) is 35.7 Å². The first-order valence-corrected chi connectivity index (χ1v) is 9.60. The van der Waals surface area contributed by atoms with Gasteiger partial charge in [0, 0.05) is 22.8 Å². The van der Waals surface area contributed by atoms with Gasteiger partial charge in [0.15, 0.2) is 0 Å². The summed E-state index contributed by atoms with van der Waals surface area (Å²) in [6, 6.07) is 8.39. The maximum atomic E-state index is 12.5. The number of carbonyl (C=O) groups excluding carboxylic acids is 2. The van der Waals surface area contributed by atoms with E-state index in [1.807, 2.05) is 0 Å². The van der Waals surface area contributed by atoms with Crippen LogP contribution in [0.25, 0.3) is 0 Å². The van der Waals surface area contributed by atoms with Crippen molar-refractivity contribution in [3.63, 3.8) is 0 Å². The molecule has 0 radical (unpaired) electrons. The minimum atomic E-state index is -3.86. The van der Waals surface area contributed by atoms with E-state index >= 15 is 0 Å². The molecule has 120 valence electrons. The minimum Gasteiger partial charge on any atom is -0.325 e. The van der Waals surface area contributed by atoms with Gasteiger partial charge in [-0.3, -0.25) is 9.59 Å². The molecule has 1 atom stereocenters. The molecule has 0 spiro atoms. The molecule has 1 aromatic carbocycles. The molecule has 1 aromatic heterocycles. The quantitative estimate of drug-likeness (QED) is 0.764.